The number of hydrogen-bond donors (Lipinski definition) is 1. The minimum absolute atomic E-state index is 0.0909. The van der Waals surface area contributed by atoms with Gasteiger partial charge in [0.15, 0.2) is 6.61 Å². The maximum absolute atomic E-state index is 12.0. The Balaban J connectivity index is 1.66. The number of carbonyl (C=O) groups is 1. The first kappa shape index (κ1) is 18.5. The molecule has 0 aromatic heterocycles. The maximum Gasteiger partial charge on any atom is 0.277 e. The van der Waals surface area contributed by atoms with Crippen molar-refractivity contribution in [3.63, 3.8) is 0 Å². The Labute approximate surface area is 158 Å². The fourth-order valence-electron chi connectivity index (χ4n) is 2.96. The number of rotatable bonds is 6. The van der Waals surface area contributed by atoms with E-state index in [4.69, 9.17) is 9.47 Å². The van der Waals surface area contributed by atoms with Crippen LogP contribution in [0, 0.1) is 13.8 Å². The van der Waals surface area contributed by atoms with Crippen molar-refractivity contribution in [2.24, 2.45) is 5.10 Å². The number of benzene rings is 3. The molecule has 3 aromatic rings. The Morgan fingerprint density at radius 3 is 2.41 bits per heavy atom. The second kappa shape index (κ2) is 8.36. The Morgan fingerprint density at radius 2 is 1.70 bits per heavy atom. The van der Waals surface area contributed by atoms with Gasteiger partial charge in [0.1, 0.15) is 11.5 Å². The smallest absolute Gasteiger partial charge is 0.277 e. The standard InChI is InChI=1S/C22H22N2O3/c1-15-7-6-8-16(2)22(15)27-14-21(25)24-23-13-17-11-12-20(26-3)19-10-5-4-9-18(17)19/h4-13H,14H2,1-3H3,(H,24,25)/b23-13+. The zero-order valence-electron chi connectivity index (χ0n) is 15.7. The minimum atomic E-state index is -0.313. The zero-order valence-corrected chi connectivity index (χ0v) is 15.7. The van der Waals surface area contributed by atoms with Crippen molar-refractivity contribution in [1.29, 1.82) is 0 Å². The lowest BCUT2D eigenvalue weighted by atomic mass is 10.0. The van der Waals surface area contributed by atoms with Gasteiger partial charge in [-0.15, -0.1) is 0 Å². The Bertz CT molecular complexity index is 976. The largest absolute Gasteiger partial charge is 0.496 e. The molecule has 3 aromatic carbocycles. The van der Waals surface area contributed by atoms with Crippen LogP contribution in [0.3, 0.4) is 0 Å². The lowest BCUT2D eigenvalue weighted by molar-refractivity contribution is -0.123. The number of nitrogens with zero attached hydrogens (tertiary/aromatic N) is 1. The molecule has 0 radical (unpaired) electrons. The monoisotopic (exact) mass is 362 g/mol. The number of fused-ring (bicyclic) bond motifs is 1. The number of ether oxygens (including phenoxy) is 2. The highest BCUT2D eigenvalue weighted by molar-refractivity contribution is 6.02. The average molecular weight is 362 g/mol. The van der Waals surface area contributed by atoms with Gasteiger partial charge in [-0.25, -0.2) is 5.43 Å². The van der Waals surface area contributed by atoms with E-state index in [0.29, 0.717) is 0 Å². The number of carbonyl (C=O) groups excluding carboxylic acids is 1. The van der Waals surface area contributed by atoms with E-state index in [1.807, 2.05) is 68.4 Å². The number of hydrogen-bond acceptors (Lipinski definition) is 4. The van der Waals surface area contributed by atoms with Crippen LogP contribution in [-0.4, -0.2) is 25.8 Å². The number of amides is 1. The number of aryl methyl sites for hydroxylation is 2. The van der Waals surface area contributed by atoms with Crippen LogP contribution in [0.15, 0.2) is 59.7 Å². The summed E-state index contributed by atoms with van der Waals surface area (Å²) in [5, 5.41) is 6.05. The van der Waals surface area contributed by atoms with E-state index in [1.54, 1.807) is 13.3 Å². The second-order valence-electron chi connectivity index (χ2n) is 6.21. The summed E-state index contributed by atoms with van der Waals surface area (Å²) in [6.45, 7) is 3.81. The molecule has 1 N–H and O–H groups in total. The Hall–Kier alpha value is -3.34. The van der Waals surface area contributed by atoms with Crippen molar-refractivity contribution in [3.05, 3.63) is 71.3 Å². The van der Waals surface area contributed by atoms with Crippen molar-refractivity contribution < 1.29 is 14.3 Å². The molecule has 0 saturated carbocycles. The van der Waals surface area contributed by atoms with Crippen LogP contribution >= 0.6 is 0 Å². The first-order chi connectivity index (χ1) is 13.1. The molecule has 0 aliphatic carbocycles. The molecule has 5 nitrogen and oxygen atoms in total. The predicted octanol–water partition coefficient (Wildman–Crippen LogP) is 3.99. The average Bonchev–Trinajstić information content (AvgIpc) is 2.67. The third-order valence-electron chi connectivity index (χ3n) is 4.29. The number of nitrogens with one attached hydrogen (secondary N) is 1. The van der Waals surface area contributed by atoms with Crippen LogP contribution in [0.2, 0.25) is 0 Å². The van der Waals surface area contributed by atoms with Crippen molar-refractivity contribution in [1.82, 2.24) is 5.43 Å². The summed E-state index contributed by atoms with van der Waals surface area (Å²) in [7, 11) is 1.64. The molecule has 0 saturated heterocycles. The molecule has 0 bridgehead atoms. The highest BCUT2D eigenvalue weighted by atomic mass is 16.5. The van der Waals surface area contributed by atoms with Crippen LogP contribution in [-0.2, 0) is 4.79 Å². The fraction of sp³-hybridized carbons (Fsp3) is 0.182. The quantitative estimate of drug-likeness (QED) is 0.533. The molecule has 3 rings (SSSR count). The van der Waals surface area contributed by atoms with Gasteiger partial charge in [-0.3, -0.25) is 4.79 Å². The summed E-state index contributed by atoms with van der Waals surface area (Å²) in [4.78, 5) is 12.0. The first-order valence-corrected chi connectivity index (χ1v) is 8.67. The summed E-state index contributed by atoms with van der Waals surface area (Å²) in [5.74, 6) is 1.22. The molecule has 138 valence electrons. The van der Waals surface area contributed by atoms with E-state index >= 15 is 0 Å². The molecule has 0 aliphatic heterocycles. The van der Waals surface area contributed by atoms with Crippen LogP contribution in [0.4, 0.5) is 0 Å². The molecule has 0 atom stereocenters. The number of methoxy groups -OCH3 is 1. The van der Waals surface area contributed by atoms with Crippen LogP contribution in [0.1, 0.15) is 16.7 Å². The van der Waals surface area contributed by atoms with Gasteiger partial charge >= 0.3 is 0 Å². The van der Waals surface area contributed by atoms with Crippen molar-refractivity contribution in [2.75, 3.05) is 13.7 Å². The normalized spacial score (nSPS) is 10.9. The van der Waals surface area contributed by atoms with Gasteiger partial charge in [-0.05, 0) is 42.5 Å². The Kier molecular flexibility index (Phi) is 5.71. The molecule has 5 heteroatoms. The summed E-state index contributed by atoms with van der Waals surface area (Å²) in [6, 6.07) is 17.5. The number of hydrazone groups is 1. The highest BCUT2D eigenvalue weighted by Gasteiger charge is 2.07. The summed E-state index contributed by atoms with van der Waals surface area (Å²) >= 11 is 0. The van der Waals surface area contributed by atoms with Gasteiger partial charge in [0.25, 0.3) is 5.91 Å². The van der Waals surface area contributed by atoms with Crippen LogP contribution in [0.5, 0.6) is 11.5 Å². The van der Waals surface area contributed by atoms with Gasteiger partial charge in [-0.1, -0.05) is 42.5 Å². The maximum atomic E-state index is 12.0. The SMILES string of the molecule is COc1ccc(/C=N/NC(=O)COc2c(C)cccc2C)c2ccccc12. The van der Waals surface area contributed by atoms with Crippen LogP contribution < -0.4 is 14.9 Å². The third kappa shape index (κ3) is 4.26. The minimum Gasteiger partial charge on any atom is -0.496 e. The second-order valence-corrected chi connectivity index (χ2v) is 6.21. The Morgan fingerprint density at radius 1 is 1.00 bits per heavy atom. The van der Waals surface area contributed by atoms with Gasteiger partial charge < -0.3 is 9.47 Å². The van der Waals surface area contributed by atoms with Gasteiger partial charge in [-0.2, -0.15) is 5.10 Å². The van der Waals surface area contributed by atoms with E-state index in [1.165, 1.54) is 0 Å². The number of para-hydroxylation sites is 1. The summed E-state index contributed by atoms with van der Waals surface area (Å²) < 4.78 is 11.0. The molecule has 0 spiro atoms. The van der Waals surface area contributed by atoms with Gasteiger partial charge in [0, 0.05) is 10.9 Å². The van der Waals surface area contributed by atoms with Crippen molar-refractivity contribution >= 4 is 22.9 Å². The van der Waals surface area contributed by atoms with E-state index in [0.717, 1.165) is 39.0 Å². The summed E-state index contributed by atoms with van der Waals surface area (Å²) in [5.41, 5.74) is 5.39. The lowest BCUT2D eigenvalue weighted by Gasteiger charge is -2.10. The van der Waals surface area contributed by atoms with E-state index < -0.39 is 0 Å². The fourth-order valence-corrected chi connectivity index (χ4v) is 2.96. The van der Waals surface area contributed by atoms with Gasteiger partial charge in [0.2, 0.25) is 0 Å². The molecule has 1 amide bonds. The highest BCUT2D eigenvalue weighted by Crippen LogP contribution is 2.27. The topological polar surface area (TPSA) is 59.9 Å². The third-order valence-corrected chi connectivity index (χ3v) is 4.29. The molecule has 0 aliphatic rings. The predicted molar refractivity (Wildman–Crippen MR) is 108 cm³/mol. The van der Waals surface area contributed by atoms with Crippen LogP contribution in [0.25, 0.3) is 10.8 Å². The first-order valence-electron chi connectivity index (χ1n) is 8.67. The van der Waals surface area contributed by atoms with Gasteiger partial charge in [0.05, 0.1) is 13.3 Å². The molecular formula is C22H22N2O3. The van der Waals surface area contributed by atoms with E-state index in [2.05, 4.69) is 10.5 Å². The molecule has 0 heterocycles. The lowest BCUT2D eigenvalue weighted by Crippen LogP contribution is -2.25. The molecule has 27 heavy (non-hydrogen) atoms. The van der Waals surface area contributed by atoms with Crippen molar-refractivity contribution in [2.45, 2.75) is 13.8 Å². The zero-order chi connectivity index (χ0) is 19.2. The molecular weight excluding hydrogens is 340 g/mol. The van der Waals surface area contributed by atoms with Crippen molar-refractivity contribution in [3.8, 4) is 11.5 Å². The molecule has 0 unspecified atom stereocenters. The summed E-state index contributed by atoms with van der Waals surface area (Å²) in [6.07, 6.45) is 1.62. The van der Waals surface area contributed by atoms with E-state index in [-0.39, 0.29) is 12.5 Å². The van der Waals surface area contributed by atoms with E-state index in [9.17, 15) is 4.79 Å². The molecule has 0 fully saturated rings.